The number of rotatable bonds is 4. The van der Waals surface area contributed by atoms with Gasteiger partial charge in [-0.15, -0.1) is 0 Å². The smallest absolute Gasteiger partial charge is 0.232 e. The summed E-state index contributed by atoms with van der Waals surface area (Å²) in [6.45, 7) is 3.56. The van der Waals surface area contributed by atoms with E-state index in [-0.39, 0.29) is 18.9 Å². The van der Waals surface area contributed by atoms with Crippen LogP contribution in [0.15, 0.2) is 24.3 Å². The van der Waals surface area contributed by atoms with Crippen LogP contribution < -0.4 is 5.32 Å². The number of aromatic amines is 1. The molecule has 0 atom stereocenters. The Bertz CT molecular complexity index is 872. The molecule has 0 aliphatic carbocycles. The number of aliphatic hydroxyl groups excluding tert-OH is 1. The number of anilines is 1. The monoisotopic (exact) mass is 311 g/mol. The molecule has 0 fully saturated rings. The third kappa shape index (κ3) is 3.19. The van der Waals surface area contributed by atoms with Crippen LogP contribution in [-0.2, 0) is 17.8 Å². The van der Waals surface area contributed by atoms with Gasteiger partial charge in [-0.1, -0.05) is 12.1 Å². The number of carbonyl (C=O) groups is 1. The first kappa shape index (κ1) is 15.1. The van der Waals surface area contributed by atoms with E-state index in [0.29, 0.717) is 22.9 Å². The highest BCUT2D eigenvalue weighted by Crippen LogP contribution is 2.25. The van der Waals surface area contributed by atoms with Crippen molar-refractivity contribution in [1.29, 1.82) is 0 Å². The molecule has 2 heterocycles. The first-order chi connectivity index (χ1) is 11.1. The van der Waals surface area contributed by atoms with Crippen molar-refractivity contribution in [3.8, 4) is 0 Å². The van der Waals surface area contributed by atoms with Gasteiger partial charge in [0.1, 0.15) is 5.82 Å². The second-order valence-electron chi connectivity index (χ2n) is 5.34. The number of H-pyrrole nitrogens is 1. The van der Waals surface area contributed by atoms with Crippen molar-refractivity contribution >= 4 is 22.5 Å². The van der Waals surface area contributed by atoms with Crippen LogP contribution in [0.5, 0.6) is 0 Å². The quantitative estimate of drug-likeness (QED) is 0.679. The minimum absolute atomic E-state index is 0.0757. The second kappa shape index (κ2) is 6.13. The van der Waals surface area contributed by atoms with Crippen molar-refractivity contribution in [1.82, 2.24) is 20.2 Å². The van der Waals surface area contributed by atoms with Crippen LogP contribution in [0.25, 0.3) is 10.9 Å². The van der Waals surface area contributed by atoms with Gasteiger partial charge in [-0.25, -0.2) is 4.98 Å². The van der Waals surface area contributed by atoms with Gasteiger partial charge in [0.05, 0.1) is 24.2 Å². The molecule has 0 radical (unpaired) electrons. The molecule has 3 N–H and O–H groups in total. The highest BCUT2D eigenvalue weighted by Gasteiger charge is 2.12. The number of nitrogens with one attached hydrogen (secondary N) is 2. The lowest BCUT2D eigenvalue weighted by atomic mass is 10.1. The SMILES string of the molecule is Cc1cc(CO)c2cccc(NC(=O)Cc3n[nH]c(C)n3)c2n1. The van der Waals surface area contributed by atoms with Gasteiger partial charge >= 0.3 is 0 Å². The zero-order valence-corrected chi connectivity index (χ0v) is 12.9. The molecule has 118 valence electrons. The number of benzene rings is 1. The maximum Gasteiger partial charge on any atom is 0.232 e. The summed E-state index contributed by atoms with van der Waals surface area (Å²) in [6.07, 6.45) is 0.0827. The highest BCUT2D eigenvalue weighted by molar-refractivity contribution is 6.01. The number of nitrogens with zero attached hydrogens (tertiary/aromatic N) is 3. The van der Waals surface area contributed by atoms with Crippen LogP contribution in [0.2, 0.25) is 0 Å². The molecule has 7 heteroatoms. The molecule has 0 aliphatic heterocycles. The number of amides is 1. The summed E-state index contributed by atoms with van der Waals surface area (Å²) in [5.41, 5.74) is 2.84. The van der Waals surface area contributed by atoms with Crippen molar-refractivity contribution in [3.05, 3.63) is 47.2 Å². The molecule has 3 aromatic rings. The molecular formula is C16H17N5O2. The minimum Gasteiger partial charge on any atom is -0.392 e. The summed E-state index contributed by atoms with van der Waals surface area (Å²) < 4.78 is 0. The molecule has 0 aliphatic rings. The molecule has 2 aromatic heterocycles. The summed E-state index contributed by atoms with van der Waals surface area (Å²) in [4.78, 5) is 20.8. The molecule has 0 saturated carbocycles. The fourth-order valence-electron chi connectivity index (χ4n) is 2.50. The molecule has 0 saturated heterocycles. The van der Waals surface area contributed by atoms with E-state index in [4.69, 9.17) is 0 Å². The zero-order valence-electron chi connectivity index (χ0n) is 12.9. The van der Waals surface area contributed by atoms with Crippen LogP contribution in [0.1, 0.15) is 22.9 Å². The Kier molecular flexibility index (Phi) is 4.03. The number of aromatic nitrogens is 4. The molecule has 0 spiro atoms. The van der Waals surface area contributed by atoms with Gasteiger partial charge in [0, 0.05) is 11.1 Å². The number of para-hydroxylation sites is 1. The van der Waals surface area contributed by atoms with Crippen molar-refractivity contribution in [2.45, 2.75) is 26.9 Å². The minimum atomic E-state index is -0.217. The van der Waals surface area contributed by atoms with E-state index >= 15 is 0 Å². The normalized spacial score (nSPS) is 10.9. The van der Waals surface area contributed by atoms with E-state index in [9.17, 15) is 9.90 Å². The third-order valence-corrected chi connectivity index (χ3v) is 3.46. The molecule has 0 bridgehead atoms. The standard InChI is InChI=1S/C16H17N5O2/c1-9-6-11(8-22)12-4-3-5-13(16(12)17-9)19-15(23)7-14-18-10(2)20-21-14/h3-6,22H,7-8H2,1-2H3,(H,19,23)(H,18,20,21). The van der Waals surface area contributed by atoms with E-state index in [1.54, 1.807) is 13.0 Å². The summed E-state index contributed by atoms with van der Waals surface area (Å²) in [7, 11) is 0. The molecule has 7 nitrogen and oxygen atoms in total. The lowest BCUT2D eigenvalue weighted by Crippen LogP contribution is -2.16. The highest BCUT2D eigenvalue weighted by atomic mass is 16.3. The predicted molar refractivity (Wildman–Crippen MR) is 85.9 cm³/mol. The van der Waals surface area contributed by atoms with Gasteiger partial charge in [0.2, 0.25) is 5.91 Å². The third-order valence-electron chi connectivity index (χ3n) is 3.46. The van der Waals surface area contributed by atoms with Crippen LogP contribution in [0.3, 0.4) is 0 Å². The summed E-state index contributed by atoms with van der Waals surface area (Å²) >= 11 is 0. The fraction of sp³-hybridized carbons (Fsp3) is 0.250. The lowest BCUT2D eigenvalue weighted by Gasteiger charge is -2.10. The zero-order chi connectivity index (χ0) is 16.4. The summed E-state index contributed by atoms with van der Waals surface area (Å²) in [5.74, 6) is 0.897. The van der Waals surface area contributed by atoms with E-state index in [2.05, 4.69) is 25.5 Å². The van der Waals surface area contributed by atoms with Gasteiger partial charge < -0.3 is 10.4 Å². The van der Waals surface area contributed by atoms with Crippen molar-refractivity contribution in [3.63, 3.8) is 0 Å². The van der Waals surface area contributed by atoms with E-state index in [1.807, 2.05) is 25.1 Å². The summed E-state index contributed by atoms with van der Waals surface area (Å²) in [5, 5.41) is 19.8. The van der Waals surface area contributed by atoms with Crippen molar-refractivity contribution in [2.75, 3.05) is 5.32 Å². The van der Waals surface area contributed by atoms with Gasteiger partial charge in [0.25, 0.3) is 0 Å². The lowest BCUT2D eigenvalue weighted by molar-refractivity contribution is -0.115. The van der Waals surface area contributed by atoms with Crippen molar-refractivity contribution in [2.24, 2.45) is 0 Å². The predicted octanol–water partition coefficient (Wildman–Crippen LogP) is 1.64. The number of pyridine rings is 1. The Hall–Kier alpha value is -2.80. The van der Waals surface area contributed by atoms with Gasteiger partial charge in [-0.2, -0.15) is 5.10 Å². The van der Waals surface area contributed by atoms with E-state index < -0.39 is 0 Å². The van der Waals surface area contributed by atoms with E-state index in [0.717, 1.165) is 16.6 Å². The first-order valence-electron chi connectivity index (χ1n) is 7.24. The number of aliphatic hydroxyl groups is 1. The Morgan fingerprint density at radius 1 is 1.30 bits per heavy atom. The largest absolute Gasteiger partial charge is 0.392 e. The number of hydrogen-bond acceptors (Lipinski definition) is 5. The summed E-state index contributed by atoms with van der Waals surface area (Å²) in [6, 6.07) is 7.33. The topological polar surface area (TPSA) is 104 Å². The van der Waals surface area contributed by atoms with Gasteiger partial charge in [-0.05, 0) is 31.5 Å². The maximum absolute atomic E-state index is 12.2. The first-order valence-corrected chi connectivity index (χ1v) is 7.24. The molecule has 3 rings (SSSR count). The average molecular weight is 311 g/mol. The second-order valence-corrected chi connectivity index (χ2v) is 5.34. The van der Waals surface area contributed by atoms with Crippen LogP contribution in [-0.4, -0.2) is 31.2 Å². The number of hydrogen-bond donors (Lipinski definition) is 3. The van der Waals surface area contributed by atoms with Crippen molar-refractivity contribution < 1.29 is 9.90 Å². The average Bonchev–Trinajstić information content (AvgIpc) is 2.92. The van der Waals surface area contributed by atoms with Gasteiger partial charge in [-0.3, -0.25) is 14.9 Å². The maximum atomic E-state index is 12.2. The van der Waals surface area contributed by atoms with Crippen LogP contribution in [0.4, 0.5) is 5.69 Å². The van der Waals surface area contributed by atoms with E-state index in [1.165, 1.54) is 0 Å². The Labute approximate surface area is 132 Å². The Morgan fingerprint density at radius 3 is 2.83 bits per heavy atom. The van der Waals surface area contributed by atoms with Crippen LogP contribution >= 0.6 is 0 Å². The molecule has 23 heavy (non-hydrogen) atoms. The molecule has 0 unspecified atom stereocenters. The van der Waals surface area contributed by atoms with Gasteiger partial charge in [0.15, 0.2) is 5.82 Å². The number of aryl methyl sites for hydroxylation is 2. The Balaban J connectivity index is 1.90. The number of carbonyl (C=O) groups excluding carboxylic acids is 1. The number of fused-ring (bicyclic) bond motifs is 1. The Morgan fingerprint density at radius 2 is 2.13 bits per heavy atom. The van der Waals surface area contributed by atoms with Crippen LogP contribution in [0, 0.1) is 13.8 Å². The molecular weight excluding hydrogens is 294 g/mol. The molecule has 1 aromatic carbocycles. The fourth-order valence-corrected chi connectivity index (χ4v) is 2.50. The molecule has 1 amide bonds.